The molecule has 0 aliphatic carbocycles. The van der Waals surface area contributed by atoms with Crippen LogP contribution in [0.2, 0.25) is 0 Å². The molecule has 0 saturated carbocycles. The average molecular weight is 453 g/mol. The normalized spacial score (nSPS) is 18.6. The molecule has 2 unspecified atom stereocenters. The highest BCUT2D eigenvalue weighted by atomic mass is 19.1. The van der Waals surface area contributed by atoms with E-state index < -0.39 is 0 Å². The number of aryl methyl sites for hydroxylation is 1. The Morgan fingerprint density at radius 2 is 1.85 bits per heavy atom. The van der Waals surface area contributed by atoms with Crippen LogP contribution in [0.5, 0.6) is 0 Å². The van der Waals surface area contributed by atoms with Gasteiger partial charge >= 0.3 is 0 Å². The first-order valence-corrected chi connectivity index (χ1v) is 11.5. The summed E-state index contributed by atoms with van der Waals surface area (Å²) in [6, 6.07) is 20.1. The molecule has 0 amide bonds. The molecule has 1 saturated heterocycles. The van der Waals surface area contributed by atoms with Gasteiger partial charge in [-0.1, -0.05) is 24.3 Å². The monoisotopic (exact) mass is 452 g/mol. The maximum absolute atomic E-state index is 14.0. The van der Waals surface area contributed by atoms with Crippen molar-refractivity contribution in [3.8, 4) is 22.4 Å². The summed E-state index contributed by atoms with van der Waals surface area (Å²) in [5, 5.41) is 4.37. The smallest absolute Gasteiger partial charge is 0.137 e. The summed E-state index contributed by atoms with van der Waals surface area (Å²) in [6.45, 7) is 5.54. The van der Waals surface area contributed by atoms with Crippen LogP contribution in [-0.2, 0) is 4.74 Å². The number of halogens is 1. The van der Waals surface area contributed by atoms with E-state index >= 15 is 0 Å². The van der Waals surface area contributed by atoms with Crippen molar-refractivity contribution in [2.75, 3.05) is 13.2 Å². The summed E-state index contributed by atoms with van der Waals surface area (Å²) in [5.74, 6) is -0.275. The second-order valence-electron chi connectivity index (χ2n) is 9.04. The zero-order valence-corrected chi connectivity index (χ0v) is 19.1. The third-order valence-corrected chi connectivity index (χ3v) is 6.47. The van der Waals surface area contributed by atoms with E-state index in [9.17, 15) is 4.39 Å². The minimum absolute atomic E-state index is 0.221. The fourth-order valence-electron chi connectivity index (χ4n) is 4.80. The molecule has 2 atom stereocenters. The van der Waals surface area contributed by atoms with Gasteiger partial charge in [-0.15, -0.1) is 0 Å². The van der Waals surface area contributed by atoms with Crippen molar-refractivity contribution in [2.45, 2.75) is 25.9 Å². The summed E-state index contributed by atoms with van der Waals surface area (Å²) in [6.07, 6.45) is 3.87. The summed E-state index contributed by atoms with van der Waals surface area (Å²) >= 11 is 0. The molecule has 3 aromatic heterocycles. The number of morpholine rings is 1. The van der Waals surface area contributed by atoms with E-state index in [0.717, 1.165) is 51.2 Å². The topological polar surface area (TPSA) is 51.5 Å². The Morgan fingerprint density at radius 1 is 1.00 bits per heavy atom. The molecular weight excluding hydrogens is 427 g/mol. The Morgan fingerprint density at radius 3 is 2.68 bits per heavy atom. The van der Waals surface area contributed by atoms with Crippen molar-refractivity contribution in [1.29, 1.82) is 0 Å². The van der Waals surface area contributed by atoms with Crippen LogP contribution in [0.1, 0.15) is 24.2 Å². The van der Waals surface area contributed by atoms with Gasteiger partial charge in [-0.25, -0.2) is 9.37 Å². The predicted molar refractivity (Wildman–Crippen MR) is 132 cm³/mol. The molecule has 1 fully saturated rings. The second-order valence-corrected chi connectivity index (χ2v) is 9.04. The molecule has 170 valence electrons. The van der Waals surface area contributed by atoms with Crippen molar-refractivity contribution < 1.29 is 9.13 Å². The average Bonchev–Trinajstić information content (AvgIpc) is 3.27. The minimum Gasteiger partial charge on any atom is -0.378 e. The number of aromatic nitrogens is 3. The number of ether oxygens (including phenoxy) is 1. The SMILES string of the molecule is Cc1cc(-c2cnc3cc(-c4ccc(C5COCC(C)N5)cc4)ccn23)c2cc(F)ccc2n1. The van der Waals surface area contributed by atoms with Gasteiger partial charge < -0.3 is 10.1 Å². The number of rotatable bonds is 3. The molecule has 5 nitrogen and oxygen atoms in total. The Labute approximate surface area is 197 Å². The van der Waals surface area contributed by atoms with Crippen molar-refractivity contribution in [2.24, 2.45) is 0 Å². The van der Waals surface area contributed by atoms with E-state index in [1.165, 1.54) is 11.6 Å². The summed E-state index contributed by atoms with van der Waals surface area (Å²) < 4.78 is 21.8. The number of imidazole rings is 1. The lowest BCUT2D eigenvalue weighted by Gasteiger charge is -2.29. The summed E-state index contributed by atoms with van der Waals surface area (Å²) in [5.41, 5.74) is 7.78. The van der Waals surface area contributed by atoms with Crippen LogP contribution in [-0.4, -0.2) is 33.6 Å². The number of pyridine rings is 2. The highest BCUT2D eigenvalue weighted by Crippen LogP contribution is 2.31. The molecule has 1 aliphatic rings. The van der Waals surface area contributed by atoms with E-state index in [-0.39, 0.29) is 11.9 Å². The maximum Gasteiger partial charge on any atom is 0.137 e. The second kappa shape index (κ2) is 8.31. The molecule has 1 N–H and O–H groups in total. The lowest BCUT2D eigenvalue weighted by atomic mass is 10.0. The van der Waals surface area contributed by atoms with E-state index in [0.29, 0.717) is 12.6 Å². The quantitative estimate of drug-likeness (QED) is 0.381. The first-order valence-electron chi connectivity index (χ1n) is 11.5. The van der Waals surface area contributed by atoms with Crippen LogP contribution in [0.15, 0.2) is 73.1 Å². The van der Waals surface area contributed by atoms with Crippen LogP contribution in [0.4, 0.5) is 4.39 Å². The van der Waals surface area contributed by atoms with E-state index in [4.69, 9.17) is 4.74 Å². The summed E-state index contributed by atoms with van der Waals surface area (Å²) in [4.78, 5) is 9.22. The number of nitrogens with one attached hydrogen (secondary N) is 1. The van der Waals surface area contributed by atoms with Gasteiger partial charge in [-0.05, 0) is 66.9 Å². The van der Waals surface area contributed by atoms with Gasteiger partial charge in [0, 0.05) is 28.9 Å². The lowest BCUT2D eigenvalue weighted by molar-refractivity contribution is 0.0504. The maximum atomic E-state index is 14.0. The van der Waals surface area contributed by atoms with Crippen molar-refractivity contribution in [1.82, 2.24) is 19.7 Å². The number of fused-ring (bicyclic) bond motifs is 2. The van der Waals surface area contributed by atoms with Gasteiger partial charge in [0.25, 0.3) is 0 Å². The zero-order chi connectivity index (χ0) is 23.2. The predicted octanol–water partition coefficient (Wildman–Crippen LogP) is 5.71. The van der Waals surface area contributed by atoms with Gasteiger partial charge in [0.05, 0.1) is 36.7 Å². The van der Waals surface area contributed by atoms with Gasteiger partial charge in [-0.2, -0.15) is 0 Å². The van der Waals surface area contributed by atoms with Gasteiger partial charge in [0.15, 0.2) is 0 Å². The van der Waals surface area contributed by atoms with Crippen LogP contribution in [0.25, 0.3) is 38.9 Å². The molecule has 4 heterocycles. The number of hydrogen-bond acceptors (Lipinski definition) is 4. The molecule has 2 aromatic carbocycles. The number of benzene rings is 2. The molecule has 1 aliphatic heterocycles. The lowest BCUT2D eigenvalue weighted by Crippen LogP contribution is -2.41. The Bertz CT molecular complexity index is 1510. The van der Waals surface area contributed by atoms with Crippen LogP contribution in [0, 0.1) is 12.7 Å². The van der Waals surface area contributed by atoms with Crippen LogP contribution >= 0.6 is 0 Å². The molecule has 5 aromatic rings. The van der Waals surface area contributed by atoms with Crippen molar-refractivity contribution in [3.63, 3.8) is 0 Å². The molecule has 6 rings (SSSR count). The van der Waals surface area contributed by atoms with Crippen LogP contribution in [0.3, 0.4) is 0 Å². The summed E-state index contributed by atoms with van der Waals surface area (Å²) in [7, 11) is 0. The number of hydrogen-bond donors (Lipinski definition) is 1. The molecule has 0 spiro atoms. The first-order chi connectivity index (χ1) is 16.5. The molecular formula is C28H25FN4O. The number of nitrogens with zero attached hydrogens (tertiary/aromatic N) is 3. The van der Waals surface area contributed by atoms with Crippen molar-refractivity contribution in [3.05, 3.63) is 90.1 Å². The van der Waals surface area contributed by atoms with Gasteiger partial charge in [0.2, 0.25) is 0 Å². The highest BCUT2D eigenvalue weighted by Gasteiger charge is 2.20. The van der Waals surface area contributed by atoms with Crippen molar-refractivity contribution >= 4 is 16.6 Å². The largest absolute Gasteiger partial charge is 0.378 e. The highest BCUT2D eigenvalue weighted by molar-refractivity contribution is 5.94. The fraction of sp³-hybridized carbons (Fsp3) is 0.214. The fourth-order valence-corrected chi connectivity index (χ4v) is 4.80. The zero-order valence-electron chi connectivity index (χ0n) is 19.1. The molecule has 34 heavy (non-hydrogen) atoms. The van der Waals surface area contributed by atoms with E-state index in [1.54, 1.807) is 12.1 Å². The molecule has 0 radical (unpaired) electrons. The molecule has 6 heteroatoms. The Balaban J connectivity index is 1.36. The third kappa shape index (κ3) is 3.75. The van der Waals surface area contributed by atoms with E-state index in [2.05, 4.69) is 58.6 Å². The Hall–Kier alpha value is -3.61. The van der Waals surface area contributed by atoms with Crippen LogP contribution < -0.4 is 5.32 Å². The van der Waals surface area contributed by atoms with E-state index in [1.807, 2.05) is 29.8 Å². The van der Waals surface area contributed by atoms with Gasteiger partial charge in [-0.3, -0.25) is 9.38 Å². The van der Waals surface area contributed by atoms with Gasteiger partial charge in [0.1, 0.15) is 11.5 Å². The molecule has 0 bridgehead atoms. The first kappa shape index (κ1) is 21.0. The minimum atomic E-state index is -0.275. The standard InChI is InChI=1S/C28H25FN4O/c1-17-11-24(23-13-22(29)7-8-25(23)31-17)27-14-30-28-12-21(9-10-33(27)28)19-3-5-20(6-4-19)26-16-34-15-18(2)32-26/h3-14,18,26,32H,15-16H2,1-2H3. The third-order valence-electron chi connectivity index (χ3n) is 6.47. The Kier molecular flexibility index (Phi) is 5.12.